The van der Waals surface area contributed by atoms with Crippen molar-refractivity contribution in [3.8, 4) is 0 Å². The summed E-state index contributed by atoms with van der Waals surface area (Å²) in [6.07, 6.45) is -1.17. The summed E-state index contributed by atoms with van der Waals surface area (Å²) in [5.74, 6) is 0.313. The van der Waals surface area contributed by atoms with Gasteiger partial charge in [-0.2, -0.15) is 0 Å². The van der Waals surface area contributed by atoms with Gasteiger partial charge in [-0.3, -0.25) is 4.98 Å². The number of nitrogens with zero attached hydrogens (tertiary/aromatic N) is 1. The summed E-state index contributed by atoms with van der Waals surface area (Å²) in [5, 5.41) is 31.3. The third kappa shape index (κ3) is 3.17. The lowest BCUT2D eigenvalue weighted by Crippen LogP contribution is -2.37. The predicted octanol–water partition coefficient (Wildman–Crippen LogP) is -0.974. The minimum Gasteiger partial charge on any atom is -0.394 e. The largest absolute Gasteiger partial charge is 0.394 e. The van der Waals surface area contributed by atoms with Gasteiger partial charge in [-0.05, 0) is 10.2 Å². The molecule has 1 aliphatic heterocycles. The van der Waals surface area contributed by atoms with Crippen LogP contribution in [0, 0.1) is 0 Å². The third-order valence-corrected chi connectivity index (χ3v) is 3.27. The molecule has 20 heavy (non-hydrogen) atoms. The second-order valence-corrected chi connectivity index (χ2v) is 4.93. The first-order valence-corrected chi connectivity index (χ1v) is 7.06. The summed E-state index contributed by atoms with van der Waals surface area (Å²) >= 11 is 2.02. The van der Waals surface area contributed by atoms with E-state index in [4.69, 9.17) is 9.84 Å². The fourth-order valence-corrected chi connectivity index (χ4v) is 2.27. The molecule has 1 aliphatic rings. The van der Waals surface area contributed by atoms with Crippen molar-refractivity contribution in [3.05, 3.63) is 26.3 Å². The van der Waals surface area contributed by atoms with Gasteiger partial charge in [0.25, 0.3) is 0 Å². The minimum absolute atomic E-state index is 0.313. The van der Waals surface area contributed by atoms with E-state index in [0.717, 1.165) is 0 Å². The first-order valence-electron chi connectivity index (χ1n) is 5.82. The van der Waals surface area contributed by atoms with Crippen LogP contribution in [0.25, 0.3) is 6.08 Å². The average Bonchev–Trinajstić information content (AvgIpc) is 2.70. The van der Waals surface area contributed by atoms with Crippen LogP contribution < -0.4 is 11.0 Å². The van der Waals surface area contributed by atoms with E-state index in [1.807, 2.05) is 22.6 Å². The summed E-state index contributed by atoms with van der Waals surface area (Å²) in [4.78, 5) is 17.3. The fourth-order valence-electron chi connectivity index (χ4n) is 1.88. The number of anilines is 1. The summed E-state index contributed by atoms with van der Waals surface area (Å²) in [6.45, 7) is -0.413. The second kappa shape index (κ2) is 6.63. The molecule has 1 fully saturated rings. The first kappa shape index (κ1) is 15.4. The van der Waals surface area contributed by atoms with Crippen LogP contribution in [0.1, 0.15) is 5.56 Å². The van der Waals surface area contributed by atoms with Crippen molar-refractivity contribution in [2.24, 2.45) is 0 Å². The Labute approximate surface area is 127 Å². The smallest absolute Gasteiger partial charge is 0.346 e. The van der Waals surface area contributed by atoms with E-state index in [1.54, 1.807) is 10.2 Å². The molecule has 9 heteroatoms. The molecule has 1 aromatic rings. The van der Waals surface area contributed by atoms with E-state index < -0.39 is 36.8 Å². The topological polar surface area (TPSA) is 128 Å². The quantitative estimate of drug-likeness (QED) is 0.415. The summed E-state index contributed by atoms with van der Waals surface area (Å²) < 4.78 is 7.01. The van der Waals surface area contributed by atoms with E-state index >= 15 is 0 Å². The molecule has 4 atom stereocenters. The molecule has 0 spiro atoms. The summed E-state index contributed by atoms with van der Waals surface area (Å²) in [6, 6.07) is 0. The second-order valence-electron chi connectivity index (χ2n) is 4.21. The van der Waals surface area contributed by atoms with Crippen molar-refractivity contribution < 1.29 is 20.1 Å². The van der Waals surface area contributed by atoms with Gasteiger partial charge in [0.15, 0.2) is 6.23 Å². The van der Waals surface area contributed by atoms with Gasteiger partial charge in [-0.15, -0.1) is 0 Å². The van der Waals surface area contributed by atoms with Crippen molar-refractivity contribution >= 4 is 34.5 Å². The van der Waals surface area contributed by atoms with Crippen LogP contribution in [0.2, 0.25) is 0 Å². The highest BCUT2D eigenvalue weighted by atomic mass is 127. The highest BCUT2D eigenvalue weighted by Gasteiger charge is 2.42. The SMILES string of the molecule is O=c1ncc(C=CI)c(N[C@@H]2O[C@H](CO)[C@H](O)[C@H]2O)[nH]1. The van der Waals surface area contributed by atoms with Gasteiger partial charge in [0.1, 0.15) is 24.1 Å². The molecule has 1 aromatic heterocycles. The Morgan fingerprint density at radius 3 is 2.85 bits per heavy atom. The Bertz CT molecular complexity index is 549. The number of hydrogen-bond acceptors (Lipinski definition) is 7. The predicted molar refractivity (Wildman–Crippen MR) is 79.3 cm³/mol. The van der Waals surface area contributed by atoms with Crippen molar-refractivity contribution in [1.29, 1.82) is 0 Å². The monoisotopic (exact) mass is 395 g/mol. The molecule has 1 saturated heterocycles. The molecule has 0 unspecified atom stereocenters. The van der Waals surface area contributed by atoms with E-state index in [1.165, 1.54) is 6.20 Å². The molecule has 0 radical (unpaired) electrons. The van der Waals surface area contributed by atoms with Crippen LogP contribution in [-0.2, 0) is 4.74 Å². The molecule has 0 bridgehead atoms. The lowest BCUT2D eigenvalue weighted by molar-refractivity contribution is -0.0154. The number of rotatable bonds is 4. The molecule has 0 amide bonds. The van der Waals surface area contributed by atoms with Gasteiger partial charge in [0.05, 0.1) is 6.61 Å². The molecule has 110 valence electrons. The van der Waals surface area contributed by atoms with Gasteiger partial charge in [-0.25, -0.2) is 9.78 Å². The van der Waals surface area contributed by atoms with Crippen LogP contribution in [-0.4, -0.2) is 56.4 Å². The zero-order valence-corrected chi connectivity index (χ0v) is 12.4. The van der Waals surface area contributed by atoms with E-state index in [9.17, 15) is 15.0 Å². The average molecular weight is 395 g/mol. The van der Waals surface area contributed by atoms with E-state index in [-0.39, 0.29) is 0 Å². The maximum absolute atomic E-state index is 11.3. The number of aliphatic hydroxyl groups excluding tert-OH is 3. The molecular formula is C11H14IN3O5. The van der Waals surface area contributed by atoms with Crippen molar-refractivity contribution in [2.45, 2.75) is 24.5 Å². The lowest BCUT2D eigenvalue weighted by Gasteiger charge is -2.18. The Balaban J connectivity index is 2.22. The Morgan fingerprint density at radius 1 is 1.50 bits per heavy atom. The molecular weight excluding hydrogens is 381 g/mol. The van der Waals surface area contributed by atoms with Crippen molar-refractivity contribution in [3.63, 3.8) is 0 Å². The van der Waals surface area contributed by atoms with Crippen LogP contribution in [0.5, 0.6) is 0 Å². The highest BCUT2D eigenvalue weighted by molar-refractivity contribution is 14.1. The van der Waals surface area contributed by atoms with Crippen LogP contribution in [0.3, 0.4) is 0 Å². The molecule has 8 nitrogen and oxygen atoms in total. The maximum Gasteiger partial charge on any atom is 0.346 e. The van der Waals surface area contributed by atoms with Crippen molar-refractivity contribution in [2.75, 3.05) is 11.9 Å². The normalized spacial score (nSPS) is 30.0. The number of hydrogen-bond donors (Lipinski definition) is 5. The summed E-state index contributed by atoms with van der Waals surface area (Å²) in [7, 11) is 0. The number of aromatic nitrogens is 2. The minimum atomic E-state index is -1.22. The Hall–Kier alpha value is -1.01. The van der Waals surface area contributed by atoms with Gasteiger partial charge in [0.2, 0.25) is 0 Å². The number of halogens is 1. The Morgan fingerprint density at radius 2 is 2.25 bits per heavy atom. The molecule has 2 rings (SSSR count). The molecule has 5 N–H and O–H groups in total. The lowest BCUT2D eigenvalue weighted by atomic mass is 10.1. The highest BCUT2D eigenvalue weighted by Crippen LogP contribution is 2.23. The van der Waals surface area contributed by atoms with E-state index in [0.29, 0.717) is 11.4 Å². The Kier molecular flexibility index (Phi) is 5.10. The van der Waals surface area contributed by atoms with Gasteiger partial charge in [0, 0.05) is 11.8 Å². The van der Waals surface area contributed by atoms with Crippen LogP contribution >= 0.6 is 22.6 Å². The van der Waals surface area contributed by atoms with Gasteiger partial charge < -0.3 is 25.4 Å². The molecule has 0 saturated carbocycles. The number of aromatic amines is 1. The van der Waals surface area contributed by atoms with Crippen LogP contribution in [0.4, 0.5) is 5.82 Å². The molecule has 2 heterocycles. The fraction of sp³-hybridized carbons (Fsp3) is 0.455. The number of H-pyrrole nitrogens is 1. The van der Waals surface area contributed by atoms with Crippen molar-refractivity contribution in [1.82, 2.24) is 9.97 Å². The number of aliphatic hydroxyl groups is 3. The number of nitrogens with one attached hydrogen (secondary N) is 2. The number of ether oxygens (including phenoxy) is 1. The molecule has 0 aromatic carbocycles. The zero-order chi connectivity index (χ0) is 14.7. The zero-order valence-electron chi connectivity index (χ0n) is 10.2. The first-order chi connectivity index (χ1) is 9.56. The van der Waals surface area contributed by atoms with Gasteiger partial charge >= 0.3 is 5.69 Å². The van der Waals surface area contributed by atoms with Gasteiger partial charge in [-0.1, -0.05) is 22.6 Å². The standard InChI is InChI=1S/C11H14IN3O5/c12-2-1-5-3-13-11(19)15-9(5)14-10-8(18)7(17)6(4-16)20-10/h1-3,6-8,10,16-18H,4H2,(H2,13,14,15,19)/t6-,7+,8-,10-/m1/s1. The van der Waals surface area contributed by atoms with Crippen LogP contribution in [0.15, 0.2) is 15.1 Å². The van der Waals surface area contributed by atoms with E-state index in [2.05, 4.69) is 15.3 Å². The third-order valence-electron chi connectivity index (χ3n) is 2.91. The molecule has 0 aliphatic carbocycles. The summed E-state index contributed by atoms with van der Waals surface area (Å²) in [5.41, 5.74) is 0.0431. The maximum atomic E-state index is 11.3.